The van der Waals surface area contributed by atoms with Gasteiger partial charge in [-0.05, 0) is 38.8 Å². The first-order valence-corrected chi connectivity index (χ1v) is 7.38. The van der Waals surface area contributed by atoms with Crippen molar-refractivity contribution in [3.05, 3.63) is 0 Å². The zero-order valence-electron chi connectivity index (χ0n) is 13.1. The molecule has 0 aromatic carbocycles. The highest BCUT2D eigenvalue weighted by atomic mass is 16.5. The summed E-state index contributed by atoms with van der Waals surface area (Å²) >= 11 is 0. The molecule has 108 valence electrons. The van der Waals surface area contributed by atoms with Crippen molar-refractivity contribution in [2.24, 2.45) is 5.41 Å². The van der Waals surface area contributed by atoms with E-state index in [-0.39, 0.29) is 0 Å². The number of hydrogen-bond donors (Lipinski definition) is 1. The summed E-state index contributed by atoms with van der Waals surface area (Å²) in [6.45, 7) is 11.1. The van der Waals surface area contributed by atoms with E-state index in [0.29, 0.717) is 23.5 Å². The third kappa shape index (κ3) is 3.69. The van der Waals surface area contributed by atoms with Gasteiger partial charge in [-0.2, -0.15) is 0 Å². The third-order valence-electron chi connectivity index (χ3n) is 4.60. The molecule has 0 bridgehead atoms. The lowest BCUT2D eigenvalue weighted by Crippen LogP contribution is -2.59. The maximum absolute atomic E-state index is 5.30. The molecule has 18 heavy (non-hydrogen) atoms. The topological polar surface area (TPSA) is 24.5 Å². The normalized spacial score (nSPS) is 29.5. The van der Waals surface area contributed by atoms with Crippen molar-refractivity contribution in [3.63, 3.8) is 0 Å². The zero-order valence-corrected chi connectivity index (χ0v) is 13.1. The maximum atomic E-state index is 5.30. The Morgan fingerprint density at radius 3 is 2.67 bits per heavy atom. The van der Waals surface area contributed by atoms with Crippen molar-refractivity contribution in [2.45, 2.75) is 65.1 Å². The second-order valence-corrected chi connectivity index (χ2v) is 6.45. The van der Waals surface area contributed by atoms with Gasteiger partial charge in [0.25, 0.3) is 0 Å². The number of rotatable bonds is 6. The van der Waals surface area contributed by atoms with Crippen LogP contribution in [0.4, 0.5) is 0 Å². The van der Waals surface area contributed by atoms with Crippen LogP contribution < -0.4 is 5.32 Å². The first kappa shape index (κ1) is 15.9. The summed E-state index contributed by atoms with van der Waals surface area (Å²) in [6, 6.07) is 1.69. The van der Waals surface area contributed by atoms with Crippen molar-refractivity contribution in [1.82, 2.24) is 10.2 Å². The lowest BCUT2D eigenvalue weighted by atomic mass is 9.70. The highest BCUT2D eigenvalue weighted by molar-refractivity contribution is 4.98. The summed E-state index contributed by atoms with van der Waals surface area (Å²) in [6.07, 6.45) is 3.96. The average Bonchev–Trinajstić information content (AvgIpc) is 2.31. The number of nitrogens with one attached hydrogen (secondary N) is 1. The standard InChI is InChI=1S/C15H32N2O/c1-7-16-14-13(9-8-10-15(14,3)4)17(5)12(2)11-18-6/h12-14,16H,7-11H2,1-6H3. The zero-order chi connectivity index (χ0) is 13.8. The lowest BCUT2D eigenvalue weighted by molar-refractivity contribution is 0.0209. The summed E-state index contributed by atoms with van der Waals surface area (Å²) < 4.78 is 5.30. The molecule has 0 aromatic rings. The maximum Gasteiger partial charge on any atom is 0.0615 e. The monoisotopic (exact) mass is 256 g/mol. The van der Waals surface area contributed by atoms with Crippen LogP contribution in [0, 0.1) is 5.41 Å². The van der Waals surface area contributed by atoms with Gasteiger partial charge in [0, 0.05) is 25.2 Å². The van der Waals surface area contributed by atoms with Gasteiger partial charge in [0.05, 0.1) is 6.61 Å². The van der Waals surface area contributed by atoms with E-state index in [1.807, 2.05) is 0 Å². The minimum atomic E-state index is 0.389. The number of methoxy groups -OCH3 is 1. The van der Waals surface area contributed by atoms with Gasteiger partial charge in [-0.1, -0.05) is 27.2 Å². The Morgan fingerprint density at radius 2 is 2.11 bits per heavy atom. The molecule has 0 radical (unpaired) electrons. The van der Waals surface area contributed by atoms with Crippen LogP contribution in [0.25, 0.3) is 0 Å². The molecule has 1 rings (SSSR count). The van der Waals surface area contributed by atoms with Crippen molar-refractivity contribution in [2.75, 3.05) is 27.3 Å². The van der Waals surface area contributed by atoms with Crippen LogP contribution in [0.15, 0.2) is 0 Å². The highest BCUT2D eigenvalue weighted by Gasteiger charge is 2.40. The van der Waals surface area contributed by atoms with E-state index in [0.717, 1.165) is 13.2 Å². The van der Waals surface area contributed by atoms with E-state index in [1.54, 1.807) is 7.11 Å². The molecule has 3 unspecified atom stereocenters. The summed E-state index contributed by atoms with van der Waals surface area (Å²) in [4.78, 5) is 2.51. The fraction of sp³-hybridized carbons (Fsp3) is 1.00. The molecule has 1 saturated carbocycles. The fourth-order valence-electron chi connectivity index (χ4n) is 3.37. The van der Waals surface area contributed by atoms with Gasteiger partial charge in [-0.15, -0.1) is 0 Å². The van der Waals surface area contributed by atoms with Crippen LogP contribution in [0.3, 0.4) is 0 Å². The SMILES string of the molecule is CCNC1C(N(C)C(C)COC)CCCC1(C)C. The molecule has 0 saturated heterocycles. The smallest absolute Gasteiger partial charge is 0.0615 e. The predicted molar refractivity (Wildman–Crippen MR) is 78.0 cm³/mol. The Morgan fingerprint density at radius 1 is 1.44 bits per heavy atom. The van der Waals surface area contributed by atoms with E-state index >= 15 is 0 Å². The minimum absolute atomic E-state index is 0.389. The van der Waals surface area contributed by atoms with Gasteiger partial charge in [0.1, 0.15) is 0 Å². The van der Waals surface area contributed by atoms with Gasteiger partial charge in [-0.25, -0.2) is 0 Å². The van der Waals surface area contributed by atoms with Gasteiger partial charge in [0.2, 0.25) is 0 Å². The second-order valence-electron chi connectivity index (χ2n) is 6.45. The molecule has 1 fully saturated rings. The molecule has 3 nitrogen and oxygen atoms in total. The van der Waals surface area contributed by atoms with E-state index in [4.69, 9.17) is 4.74 Å². The minimum Gasteiger partial charge on any atom is -0.383 e. The average molecular weight is 256 g/mol. The van der Waals surface area contributed by atoms with Gasteiger partial charge in [0.15, 0.2) is 0 Å². The Balaban J connectivity index is 2.76. The summed E-state index contributed by atoms with van der Waals surface area (Å²) in [5, 5.41) is 3.72. The van der Waals surface area contributed by atoms with Crippen molar-refractivity contribution < 1.29 is 4.74 Å². The Labute approximate surface area is 113 Å². The molecule has 0 aromatic heterocycles. The number of ether oxygens (including phenoxy) is 1. The first-order chi connectivity index (χ1) is 8.44. The molecule has 0 heterocycles. The number of likely N-dealkylation sites (N-methyl/N-ethyl adjacent to an activating group) is 2. The molecular weight excluding hydrogens is 224 g/mol. The third-order valence-corrected chi connectivity index (χ3v) is 4.60. The largest absolute Gasteiger partial charge is 0.383 e. The van der Waals surface area contributed by atoms with E-state index in [2.05, 4.69) is 45.0 Å². The van der Waals surface area contributed by atoms with E-state index < -0.39 is 0 Å². The predicted octanol–water partition coefficient (Wildman–Crippen LogP) is 2.51. The van der Waals surface area contributed by atoms with Crippen LogP contribution in [-0.4, -0.2) is 50.3 Å². The Kier molecular flexibility index (Phi) is 6.09. The van der Waals surface area contributed by atoms with E-state index in [1.165, 1.54) is 19.3 Å². The molecule has 1 N–H and O–H groups in total. The first-order valence-electron chi connectivity index (χ1n) is 7.38. The molecular formula is C15H32N2O. The Hall–Kier alpha value is -0.120. The van der Waals surface area contributed by atoms with Crippen LogP contribution in [0.1, 0.15) is 47.0 Å². The van der Waals surface area contributed by atoms with Crippen LogP contribution in [0.5, 0.6) is 0 Å². The molecule has 3 heteroatoms. The summed E-state index contributed by atoms with van der Waals surface area (Å²) in [5.74, 6) is 0. The summed E-state index contributed by atoms with van der Waals surface area (Å²) in [5.41, 5.74) is 0.389. The molecule has 1 aliphatic rings. The summed E-state index contributed by atoms with van der Waals surface area (Å²) in [7, 11) is 4.04. The molecule has 0 spiro atoms. The van der Waals surface area contributed by atoms with Crippen LogP contribution in [0.2, 0.25) is 0 Å². The van der Waals surface area contributed by atoms with Crippen LogP contribution in [-0.2, 0) is 4.74 Å². The van der Waals surface area contributed by atoms with Gasteiger partial charge in [-0.3, -0.25) is 4.90 Å². The van der Waals surface area contributed by atoms with Crippen LogP contribution >= 0.6 is 0 Å². The fourth-order valence-corrected chi connectivity index (χ4v) is 3.37. The molecule has 0 aliphatic heterocycles. The molecule has 0 amide bonds. The Bertz CT molecular complexity index is 243. The quantitative estimate of drug-likeness (QED) is 0.790. The molecule has 3 atom stereocenters. The van der Waals surface area contributed by atoms with Crippen molar-refractivity contribution in [1.29, 1.82) is 0 Å². The van der Waals surface area contributed by atoms with E-state index in [9.17, 15) is 0 Å². The number of nitrogens with zero attached hydrogens (tertiary/aromatic N) is 1. The van der Waals surface area contributed by atoms with Gasteiger partial charge >= 0.3 is 0 Å². The second kappa shape index (κ2) is 6.88. The lowest BCUT2D eigenvalue weighted by Gasteiger charge is -2.49. The van der Waals surface area contributed by atoms with Crippen molar-refractivity contribution >= 4 is 0 Å². The van der Waals surface area contributed by atoms with Gasteiger partial charge < -0.3 is 10.1 Å². The van der Waals surface area contributed by atoms with Crippen molar-refractivity contribution in [3.8, 4) is 0 Å². The molecule has 1 aliphatic carbocycles. The number of hydrogen-bond acceptors (Lipinski definition) is 3. The highest BCUT2D eigenvalue weighted by Crippen LogP contribution is 2.37.